The van der Waals surface area contributed by atoms with E-state index in [-0.39, 0.29) is 11.9 Å². The maximum atomic E-state index is 12.3. The minimum absolute atomic E-state index is 0.159. The van der Waals surface area contributed by atoms with Crippen molar-refractivity contribution in [1.82, 2.24) is 25.5 Å². The van der Waals surface area contributed by atoms with Gasteiger partial charge >= 0.3 is 6.03 Å². The number of piperazine rings is 1. The van der Waals surface area contributed by atoms with Gasteiger partial charge in [-0.2, -0.15) is 0 Å². The molecule has 2 N–H and O–H groups in total. The summed E-state index contributed by atoms with van der Waals surface area (Å²) in [7, 11) is 0. The Morgan fingerprint density at radius 2 is 1.75 bits per heavy atom. The molecule has 3 amide bonds. The van der Waals surface area contributed by atoms with Crippen LogP contribution in [0.2, 0.25) is 0 Å². The molecule has 1 unspecified atom stereocenters. The van der Waals surface area contributed by atoms with Gasteiger partial charge in [-0.25, -0.2) is 14.8 Å². The van der Waals surface area contributed by atoms with Gasteiger partial charge < -0.3 is 20.4 Å². The number of hydrogen-bond donors (Lipinski definition) is 2. The molecule has 0 aliphatic carbocycles. The van der Waals surface area contributed by atoms with Gasteiger partial charge in [0.15, 0.2) is 0 Å². The second-order valence-electron chi connectivity index (χ2n) is 6.33. The van der Waals surface area contributed by atoms with Crippen molar-refractivity contribution in [3.63, 3.8) is 0 Å². The summed E-state index contributed by atoms with van der Waals surface area (Å²) in [5.41, 5.74) is 0. The molecule has 2 heterocycles. The van der Waals surface area contributed by atoms with E-state index < -0.39 is 6.04 Å². The van der Waals surface area contributed by atoms with Crippen molar-refractivity contribution in [1.29, 1.82) is 0 Å². The van der Waals surface area contributed by atoms with Gasteiger partial charge in [0.1, 0.15) is 6.04 Å². The molecule has 1 aliphatic heterocycles. The quantitative estimate of drug-likeness (QED) is 0.817. The fraction of sp³-hybridized carbons (Fsp3) is 0.625. The van der Waals surface area contributed by atoms with Crippen LogP contribution < -0.4 is 15.5 Å². The fourth-order valence-corrected chi connectivity index (χ4v) is 2.36. The largest absolute Gasteiger partial charge is 0.354 e. The molecule has 0 bridgehead atoms. The molecule has 132 valence electrons. The lowest BCUT2D eigenvalue weighted by Gasteiger charge is -2.35. The Kier molecular flexibility index (Phi) is 6.34. The van der Waals surface area contributed by atoms with Gasteiger partial charge in [0.05, 0.1) is 0 Å². The summed E-state index contributed by atoms with van der Waals surface area (Å²) in [4.78, 5) is 36.4. The Hall–Kier alpha value is -2.38. The highest BCUT2D eigenvalue weighted by Gasteiger charge is 2.24. The normalized spacial score (nSPS) is 16.0. The van der Waals surface area contributed by atoms with Crippen molar-refractivity contribution in [3.8, 4) is 0 Å². The highest BCUT2D eigenvalue weighted by Crippen LogP contribution is 2.09. The number of amides is 3. The molecule has 2 rings (SSSR count). The van der Waals surface area contributed by atoms with Gasteiger partial charge in [-0.15, -0.1) is 0 Å². The molecular formula is C16H26N6O2. The van der Waals surface area contributed by atoms with Gasteiger partial charge in [0.2, 0.25) is 11.9 Å². The third-order valence-corrected chi connectivity index (χ3v) is 3.82. The first kappa shape index (κ1) is 18.0. The number of aromatic nitrogens is 2. The lowest BCUT2D eigenvalue weighted by Crippen LogP contribution is -2.55. The summed E-state index contributed by atoms with van der Waals surface area (Å²) in [5, 5.41) is 5.57. The number of carbonyl (C=O) groups excluding carboxylic acids is 2. The van der Waals surface area contributed by atoms with E-state index in [2.05, 4.69) is 20.6 Å². The van der Waals surface area contributed by atoms with E-state index in [0.29, 0.717) is 44.6 Å². The summed E-state index contributed by atoms with van der Waals surface area (Å²) >= 11 is 0. The zero-order valence-corrected chi connectivity index (χ0v) is 14.5. The van der Waals surface area contributed by atoms with Gasteiger partial charge in [0, 0.05) is 45.1 Å². The number of nitrogens with zero attached hydrogens (tertiary/aromatic N) is 4. The van der Waals surface area contributed by atoms with E-state index in [4.69, 9.17) is 0 Å². The first-order chi connectivity index (χ1) is 11.5. The van der Waals surface area contributed by atoms with Crippen molar-refractivity contribution >= 4 is 17.9 Å². The lowest BCUT2D eigenvalue weighted by molar-refractivity contribution is -0.122. The molecule has 1 atom stereocenters. The number of rotatable bonds is 5. The van der Waals surface area contributed by atoms with Crippen molar-refractivity contribution < 1.29 is 9.59 Å². The maximum Gasteiger partial charge on any atom is 0.318 e. The average Bonchev–Trinajstić information content (AvgIpc) is 2.60. The van der Waals surface area contributed by atoms with Crippen molar-refractivity contribution in [2.24, 2.45) is 5.92 Å². The van der Waals surface area contributed by atoms with Crippen molar-refractivity contribution in [2.45, 2.75) is 26.8 Å². The summed E-state index contributed by atoms with van der Waals surface area (Å²) in [5.74, 6) is 0.900. The molecule has 8 heteroatoms. The number of carbonyl (C=O) groups is 2. The molecule has 1 aromatic heterocycles. The summed E-state index contributed by atoms with van der Waals surface area (Å²) in [6.45, 7) is 8.85. The number of nitrogens with one attached hydrogen (secondary N) is 2. The van der Waals surface area contributed by atoms with Crippen LogP contribution in [-0.4, -0.2) is 65.6 Å². The zero-order valence-electron chi connectivity index (χ0n) is 14.5. The SMILES string of the molecule is CC(C)CNC(=O)C(C)NC(=O)N1CCN(c2ncccn2)CC1. The Morgan fingerprint density at radius 1 is 1.12 bits per heavy atom. The van der Waals surface area contributed by atoms with E-state index in [9.17, 15) is 9.59 Å². The van der Waals surface area contributed by atoms with Crippen LogP contribution in [0.5, 0.6) is 0 Å². The second kappa shape index (κ2) is 8.47. The Bertz CT molecular complexity index is 543. The molecule has 1 aliphatic rings. The van der Waals surface area contributed by atoms with Crippen LogP contribution in [0.1, 0.15) is 20.8 Å². The van der Waals surface area contributed by atoms with Crippen LogP contribution in [0, 0.1) is 5.92 Å². The summed E-state index contributed by atoms with van der Waals surface area (Å²) < 4.78 is 0. The third-order valence-electron chi connectivity index (χ3n) is 3.82. The van der Waals surface area contributed by atoms with Crippen LogP contribution in [0.25, 0.3) is 0 Å². The summed E-state index contributed by atoms with van der Waals surface area (Å²) in [6.07, 6.45) is 3.41. The molecule has 0 spiro atoms. The van der Waals surface area contributed by atoms with E-state index in [1.165, 1.54) is 0 Å². The van der Waals surface area contributed by atoms with Crippen molar-refractivity contribution in [3.05, 3.63) is 18.5 Å². The predicted octanol–water partition coefficient (Wildman–Crippen LogP) is 0.469. The van der Waals surface area contributed by atoms with Gasteiger partial charge in [0.25, 0.3) is 0 Å². The van der Waals surface area contributed by atoms with Gasteiger partial charge in [-0.05, 0) is 18.9 Å². The average molecular weight is 334 g/mol. The van der Waals surface area contributed by atoms with Crippen LogP contribution in [0.4, 0.5) is 10.7 Å². The molecule has 0 radical (unpaired) electrons. The van der Waals surface area contributed by atoms with Crippen LogP contribution >= 0.6 is 0 Å². The smallest absolute Gasteiger partial charge is 0.318 e. The van der Waals surface area contributed by atoms with E-state index in [1.54, 1.807) is 30.3 Å². The zero-order chi connectivity index (χ0) is 17.5. The van der Waals surface area contributed by atoms with Crippen molar-refractivity contribution in [2.75, 3.05) is 37.6 Å². The first-order valence-corrected chi connectivity index (χ1v) is 8.32. The number of hydrogen-bond acceptors (Lipinski definition) is 5. The molecule has 1 fully saturated rings. The van der Waals surface area contributed by atoms with Crippen LogP contribution in [0.3, 0.4) is 0 Å². The minimum atomic E-state index is -0.549. The minimum Gasteiger partial charge on any atom is -0.354 e. The molecule has 8 nitrogen and oxygen atoms in total. The Morgan fingerprint density at radius 3 is 2.33 bits per heavy atom. The standard InChI is InChI=1S/C16H26N6O2/c1-12(2)11-19-14(23)13(3)20-16(24)22-9-7-21(8-10-22)15-17-5-4-6-18-15/h4-6,12-13H,7-11H2,1-3H3,(H,19,23)(H,20,24). The fourth-order valence-electron chi connectivity index (χ4n) is 2.36. The summed E-state index contributed by atoms with van der Waals surface area (Å²) in [6, 6.07) is 1.02. The van der Waals surface area contributed by atoms with Gasteiger partial charge in [-0.1, -0.05) is 13.8 Å². The molecule has 0 aromatic carbocycles. The lowest BCUT2D eigenvalue weighted by atomic mass is 10.2. The molecular weight excluding hydrogens is 308 g/mol. The van der Waals surface area contributed by atoms with E-state index >= 15 is 0 Å². The maximum absolute atomic E-state index is 12.3. The van der Waals surface area contributed by atoms with E-state index in [0.717, 1.165) is 0 Å². The third kappa shape index (κ3) is 5.07. The van der Waals surface area contributed by atoms with Crippen LogP contribution in [-0.2, 0) is 4.79 Å². The van der Waals surface area contributed by atoms with Gasteiger partial charge in [-0.3, -0.25) is 4.79 Å². The van der Waals surface area contributed by atoms with Crippen LogP contribution in [0.15, 0.2) is 18.5 Å². The topological polar surface area (TPSA) is 90.5 Å². The highest BCUT2D eigenvalue weighted by atomic mass is 16.2. The Labute approximate surface area is 142 Å². The molecule has 1 aromatic rings. The first-order valence-electron chi connectivity index (χ1n) is 8.32. The predicted molar refractivity (Wildman–Crippen MR) is 91.7 cm³/mol. The number of anilines is 1. The molecule has 0 saturated carbocycles. The number of urea groups is 1. The highest BCUT2D eigenvalue weighted by molar-refractivity contribution is 5.86. The molecule has 1 saturated heterocycles. The molecule has 24 heavy (non-hydrogen) atoms. The monoisotopic (exact) mass is 334 g/mol. The second-order valence-corrected chi connectivity index (χ2v) is 6.33. The van der Waals surface area contributed by atoms with E-state index in [1.807, 2.05) is 18.7 Å². The Balaban J connectivity index is 1.77.